The molecule has 0 saturated carbocycles. The summed E-state index contributed by atoms with van der Waals surface area (Å²) in [6, 6.07) is 19.0. The highest BCUT2D eigenvalue weighted by Crippen LogP contribution is 2.41. The van der Waals surface area contributed by atoms with Gasteiger partial charge in [0.25, 0.3) is 0 Å². The van der Waals surface area contributed by atoms with Gasteiger partial charge in [-0.2, -0.15) is 0 Å². The number of hydrogen-bond donors (Lipinski definition) is 1. The molecule has 0 heterocycles. The molecule has 0 aliphatic rings. The van der Waals surface area contributed by atoms with Gasteiger partial charge in [0.1, 0.15) is 28.6 Å². The Balaban J connectivity index is 1.98. The zero-order valence-electron chi connectivity index (χ0n) is 17.5. The number of phenolic OH excluding ortho intramolecular Hbond substituents is 1. The minimum absolute atomic E-state index is 0.116. The van der Waals surface area contributed by atoms with Gasteiger partial charge >= 0.3 is 0 Å². The highest BCUT2D eigenvalue weighted by molar-refractivity contribution is 6.02. The number of ether oxygens (including phenoxy) is 3. The number of aryl methyl sites for hydroxylation is 1. The maximum atomic E-state index is 13.0. The van der Waals surface area contributed by atoms with Gasteiger partial charge in [-0.3, -0.25) is 4.79 Å². The molecule has 1 N–H and O–H groups in total. The van der Waals surface area contributed by atoms with Crippen molar-refractivity contribution in [1.82, 2.24) is 0 Å². The summed E-state index contributed by atoms with van der Waals surface area (Å²) in [5.74, 6) is 1.15. The predicted molar refractivity (Wildman–Crippen MR) is 116 cm³/mol. The van der Waals surface area contributed by atoms with Gasteiger partial charge in [0.2, 0.25) is 0 Å². The number of methoxy groups -OCH3 is 3. The Kier molecular flexibility index (Phi) is 6.96. The molecule has 0 amide bonds. The molecule has 5 nitrogen and oxygen atoms in total. The normalized spacial score (nSPS) is 10.5. The molecule has 0 aliphatic heterocycles. The van der Waals surface area contributed by atoms with E-state index in [-0.39, 0.29) is 23.5 Å². The van der Waals surface area contributed by atoms with Crippen molar-refractivity contribution in [2.24, 2.45) is 0 Å². The van der Waals surface area contributed by atoms with E-state index in [0.717, 1.165) is 11.1 Å². The third kappa shape index (κ3) is 4.57. The smallest absolute Gasteiger partial charge is 0.170 e. The first-order chi connectivity index (χ1) is 14.6. The molecule has 0 saturated heterocycles. The molecule has 0 bridgehead atoms. The average molecular weight is 406 g/mol. The van der Waals surface area contributed by atoms with Crippen LogP contribution in [0.4, 0.5) is 0 Å². The lowest BCUT2D eigenvalue weighted by Gasteiger charge is -2.18. The Labute approximate surface area is 176 Å². The highest BCUT2D eigenvalue weighted by Gasteiger charge is 2.24. The standard InChI is InChI=1S/C25H26O5/c1-28-21-12-8-7-11-18(21)15-19-22(29-2)16-23(30-3)24(25(19)27)20(26)14-13-17-9-5-4-6-10-17/h4-12,16,27H,13-15H2,1-3H3. The first-order valence-electron chi connectivity index (χ1n) is 9.74. The van der Waals surface area contributed by atoms with E-state index in [1.807, 2.05) is 54.6 Å². The van der Waals surface area contributed by atoms with E-state index in [9.17, 15) is 9.90 Å². The van der Waals surface area contributed by atoms with Crippen LogP contribution in [0, 0.1) is 0 Å². The van der Waals surface area contributed by atoms with Gasteiger partial charge in [0.05, 0.1) is 21.3 Å². The third-order valence-corrected chi connectivity index (χ3v) is 5.09. The van der Waals surface area contributed by atoms with Crippen LogP contribution in [0.15, 0.2) is 60.7 Å². The monoisotopic (exact) mass is 406 g/mol. The van der Waals surface area contributed by atoms with Gasteiger partial charge in [-0.25, -0.2) is 0 Å². The molecule has 3 aromatic rings. The fourth-order valence-corrected chi connectivity index (χ4v) is 3.51. The van der Waals surface area contributed by atoms with Crippen LogP contribution < -0.4 is 14.2 Å². The SMILES string of the molecule is COc1ccccc1Cc1c(OC)cc(OC)c(C(=O)CCc2ccccc2)c1O. The van der Waals surface area contributed by atoms with Crippen LogP contribution in [-0.2, 0) is 12.8 Å². The van der Waals surface area contributed by atoms with Crippen molar-refractivity contribution in [3.63, 3.8) is 0 Å². The number of para-hydroxylation sites is 1. The second kappa shape index (κ2) is 9.83. The minimum Gasteiger partial charge on any atom is -0.507 e. The van der Waals surface area contributed by atoms with Crippen LogP contribution in [0.25, 0.3) is 0 Å². The number of ketones is 1. The summed E-state index contributed by atoms with van der Waals surface area (Å²) in [7, 11) is 4.60. The first kappa shape index (κ1) is 21.2. The van der Waals surface area contributed by atoms with Gasteiger partial charge < -0.3 is 19.3 Å². The molecule has 0 aliphatic carbocycles. The minimum atomic E-state index is -0.183. The molecular weight excluding hydrogens is 380 g/mol. The van der Waals surface area contributed by atoms with E-state index in [0.29, 0.717) is 35.7 Å². The lowest BCUT2D eigenvalue weighted by atomic mass is 9.95. The van der Waals surface area contributed by atoms with Crippen molar-refractivity contribution in [2.45, 2.75) is 19.3 Å². The molecule has 5 heteroatoms. The number of phenols is 1. The number of Topliss-reactive ketones (excluding diaryl/α,β-unsaturated/α-hetero) is 1. The van der Waals surface area contributed by atoms with Crippen molar-refractivity contribution >= 4 is 5.78 Å². The van der Waals surface area contributed by atoms with E-state index in [1.54, 1.807) is 13.2 Å². The van der Waals surface area contributed by atoms with Crippen LogP contribution in [0.3, 0.4) is 0 Å². The van der Waals surface area contributed by atoms with Crippen molar-refractivity contribution < 1.29 is 24.1 Å². The van der Waals surface area contributed by atoms with E-state index >= 15 is 0 Å². The molecule has 0 atom stereocenters. The molecule has 0 unspecified atom stereocenters. The number of benzene rings is 3. The lowest BCUT2D eigenvalue weighted by Crippen LogP contribution is -2.08. The molecule has 30 heavy (non-hydrogen) atoms. The number of hydrogen-bond acceptors (Lipinski definition) is 5. The Morgan fingerprint density at radius 2 is 1.47 bits per heavy atom. The average Bonchev–Trinajstić information content (AvgIpc) is 2.79. The van der Waals surface area contributed by atoms with Gasteiger partial charge in [-0.15, -0.1) is 0 Å². The summed E-state index contributed by atoms with van der Waals surface area (Å²) in [6.07, 6.45) is 1.19. The zero-order chi connectivity index (χ0) is 21.5. The molecule has 0 aromatic heterocycles. The van der Waals surface area contributed by atoms with Crippen LogP contribution >= 0.6 is 0 Å². The predicted octanol–water partition coefficient (Wildman–Crippen LogP) is 4.82. The fourth-order valence-electron chi connectivity index (χ4n) is 3.51. The highest BCUT2D eigenvalue weighted by atomic mass is 16.5. The molecule has 0 spiro atoms. The maximum absolute atomic E-state index is 13.0. The van der Waals surface area contributed by atoms with Gasteiger partial charge in [0.15, 0.2) is 5.78 Å². The molecule has 3 aromatic carbocycles. The topological polar surface area (TPSA) is 65.0 Å². The maximum Gasteiger partial charge on any atom is 0.170 e. The Bertz CT molecular complexity index is 1010. The number of carbonyl (C=O) groups excluding carboxylic acids is 1. The molecule has 3 rings (SSSR count). The first-order valence-corrected chi connectivity index (χ1v) is 9.74. The lowest BCUT2D eigenvalue weighted by molar-refractivity contribution is 0.0977. The zero-order valence-corrected chi connectivity index (χ0v) is 17.5. The van der Waals surface area contributed by atoms with Crippen LogP contribution in [0.2, 0.25) is 0 Å². The largest absolute Gasteiger partial charge is 0.507 e. The Hall–Kier alpha value is -3.47. The summed E-state index contributed by atoms with van der Waals surface area (Å²) >= 11 is 0. The number of carbonyl (C=O) groups is 1. The number of rotatable bonds is 9. The summed E-state index contributed by atoms with van der Waals surface area (Å²) in [5, 5.41) is 11.1. The fraction of sp³-hybridized carbons (Fsp3) is 0.240. The summed E-state index contributed by atoms with van der Waals surface area (Å²) in [5.41, 5.74) is 2.64. The van der Waals surface area contributed by atoms with Crippen LogP contribution in [-0.4, -0.2) is 32.2 Å². The van der Waals surface area contributed by atoms with Gasteiger partial charge in [0, 0.05) is 24.5 Å². The van der Waals surface area contributed by atoms with E-state index < -0.39 is 0 Å². The number of aromatic hydroxyl groups is 1. The van der Waals surface area contributed by atoms with E-state index in [2.05, 4.69) is 0 Å². The Morgan fingerprint density at radius 3 is 2.13 bits per heavy atom. The third-order valence-electron chi connectivity index (χ3n) is 5.09. The van der Waals surface area contributed by atoms with Crippen LogP contribution in [0.1, 0.15) is 33.5 Å². The second-order valence-corrected chi connectivity index (χ2v) is 6.88. The second-order valence-electron chi connectivity index (χ2n) is 6.88. The molecular formula is C25H26O5. The summed E-state index contributed by atoms with van der Waals surface area (Å²) in [4.78, 5) is 13.0. The summed E-state index contributed by atoms with van der Waals surface area (Å²) in [6.45, 7) is 0. The quantitative estimate of drug-likeness (QED) is 0.516. The molecule has 0 radical (unpaired) electrons. The molecule has 0 fully saturated rings. The van der Waals surface area contributed by atoms with Crippen molar-refractivity contribution in [1.29, 1.82) is 0 Å². The van der Waals surface area contributed by atoms with Gasteiger partial charge in [-0.1, -0.05) is 48.5 Å². The van der Waals surface area contributed by atoms with Crippen LogP contribution in [0.5, 0.6) is 23.0 Å². The van der Waals surface area contributed by atoms with Gasteiger partial charge in [-0.05, 0) is 23.6 Å². The summed E-state index contributed by atoms with van der Waals surface area (Å²) < 4.78 is 16.3. The molecule has 156 valence electrons. The Morgan fingerprint density at radius 1 is 0.833 bits per heavy atom. The van der Waals surface area contributed by atoms with E-state index in [4.69, 9.17) is 14.2 Å². The van der Waals surface area contributed by atoms with Crippen molar-refractivity contribution in [2.75, 3.05) is 21.3 Å². The van der Waals surface area contributed by atoms with Crippen molar-refractivity contribution in [3.8, 4) is 23.0 Å². The van der Waals surface area contributed by atoms with Crippen molar-refractivity contribution in [3.05, 3.63) is 82.9 Å². The van der Waals surface area contributed by atoms with E-state index in [1.165, 1.54) is 14.2 Å².